The van der Waals surface area contributed by atoms with Crippen molar-refractivity contribution >= 4 is 8.32 Å². The molecule has 1 rings (SSSR count). The van der Waals surface area contributed by atoms with Crippen LogP contribution in [-0.4, -0.2) is 26.6 Å². The molecule has 3 heteroatoms. The highest BCUT2D eigenvalue weighted by Crippen LogP contribution is 2.40. The summed E-state index contributed by atoms with van der Waals surface area (Å²) >= 11 is 0. The summed E-state index contributed by atoms with van der Waals surface area (Å²) in [5, 5.41) is 0.244. The molecule has 1 aliphatic heterocycles. The first-order valence-corrected chi connectivity index (χ1v) is 8.33. The van der Waals surface area contributed by atoms with E-state index in [-0.39, 0.29) is 16.7 Å². The SMILES string of the molecule is C#C[C@@]1(C)O[C@H]1CO[Si](C)(C)C(C)(C)C. The Kier molecular flexibility index (Phi) is 3.08. The number of ether oxygens (including phenoxy) is 1. The van der Waals surface area contributed by atoms with Crippen LogP contribution >= 0.6 is 0 Å². The molecule has 0 amide bonds. The highest BCUT2D eigenvalue weighted by molar-refractivity contribution is 6.74. The predicted molar refractivity (Wildman–Crippen MR) is 65.3 cm³/mol. The summed E-state index contributed by atoms with van der Waals surface area (Å²) in [5.41, 5.74) is -0.373. The molecule has 0 radical (unpaired) electrons. The third-order valence-corrected chi connectivity index (χ3v) is 8.13. The lowest BCUT2D eigenvalue weighted by Gasteiger charge is -2.36. The zero-order valence-corrected chi connectivity index (χ0v) is 11.7. The Hall–Kier alpha value is -0.303. The Morgan fingerprint density at radius 2 is 2.00 bits per heavy atom. The van der Waals surface area contributed by atoms with Crippen LogP contribution in [0.2, 0.25) is 18.1 Å². The Morgan fingerprint density at radius 1 is 1.47 bits per heavy atom. The molecule has 0 aliphatic carbocycles. The van der Waals surface area contributed by atoms with Crippen LogP contribution in [0.25, 0.3) is 0 Å². The third kappa shape index (κ3) is 2.63. The van der Waals surface area contributed by atoms with E-state index in [9.17, 15) is 0 Å². The fourth-order valence-electron chi connectivity index (χ4n) is 1.08. The Labute approximate surface area is 94.5 Å². The van der Waals surface area contributed by atoms with Crippen LogP contribution in [0.15, 0.2) is 0 Å². The minimum absolute atomic E-state index is 0.0941. The third-order valence-electron chi connectivity index (χ3n) is 3.63. The van der Waals surface area contributed by atoms with Gasteiger partial charge in [0.25, 0.3) is 0 Å². The van der Waals surface area contributed by atoms with E-state index in [1.54, 1.807) is 0 Å². The number of terminal acetylenes is 1. The summed E-state index contributed by atoms with van der Waals surface area (Å²) < 4.78 is 11.5. The lowest BCUT2D eigenvalue weighted by Crippen LogP contribution is -2.42. The van der Waals surface area contributed by atoms with Crippen molar-refractivity contribution in [2.24, 2.45) is 0 Å². The summed E-state index contributed by atoms with van der Waals surface area (Å²) in [6.45, 7) is 13.7. The second-order valence-electron chi connectivity index (χ2n) is 5.93. The first kappa shape index (κ1) is 12.8. The fourth-order valence-corrected chi connectivity index (χ4v) is 2.08. The van der Waals surface area contributed by atoms with Gasteiger partial charge in [0.05, 0.1) is 6.61 Å². The standard InChI is InChI=1S/C12H22O2Si/c1-8-12(5)10(14-12)9-13-15(6,7)11(2,3)4/h1,10H,9H2,2-7H3/t10-,12+/m0/s1. The van der Waals surface area contributed by atoms with Crippen LogP contribution < -0.4 is 0 Å². The molecule has 0 saturated carbocycles. The number of hydrogen-bond acceptors (Lipinski definition) is 2. The molecule has 0 N–H and O–H groups in total. The average molecular weight is 226 g/mol. The second-order valence-corrected chi connectivity index (χ2v) is 10.7. The Bertz CT molecular complexity index is 285. The molecule has 0 spiro atoms. The van der Waals surface area contributed by atoms with Crippen LogP contribution in [0.4, 0.5) is 0 Å². The van der Waals surface area contributed by atoms with Crippen LogP contribution in [0.5, 0.6) is 0 Å². The van der Waals surface area contributed by atoms with Crippen molar-refractivity contribution in [1.82, 2.24) is 0 Å². The summed E-state index contributed by atoms with van der Waals surface area (Å²) in [6.07, 6.45) is 5.46. The van der Waals surface area contributed by atoms with Crippen LogP contribution in [0.1, 0.15) is 27.7 Å². The lowest BCUT2D eigenvalue weighted by atomic mass is 10.1. The Balaban J connectivity index is 2.44. The second kappa shape index (κ2) is 3.62. The van der Waals surface area contributed by atoms with Crippen molar-refractivity contribution in [2.45, 2.75) is 57.5 Å². The van der Waals surface area contributed by atoms with Crippen molar-refractivity contribution in [1.29, 1.82) is 0 Å². The number of rotatable bonds is 3. The molecule has 1 heterocycles. The van der Waals surface area contributed by atoms with Crippen molar-refractivity contribution in [3.05, 3.63) is 0 Å². The first-order chi connectivity index (χ1) is 6.62. The molecule has 2 nitrogen and oxygen atoms in total. The monoisotopic (exact) mass is 226 g/mol. The van der Waals surface area contributed by atoms with Crippen molar-refractivity contribution in [2.75, 3.05) is 6.61 Å². The number of hydrogen-bond donors (Lipinski definition) is 0. The topological polar surface area (TPSA) is 21.8 Å². The van der Waals surface area contributed by atoms with E-state index in [2.05, 4.69) is 39.8 Å². The summed E-state index contributed by atoms with van der Waals surface area (Å²) in [7, 11) is -1.65. The van der Waals surface area contributed by atoms with E-state index in [1.165, 1.54) is 0 Å². The lowest BCUT2D eigenvalue weighted by molar-refractivity contribution is 0.240. The van der Waals surface area contributed by atoms with Crippen molar-refractivity contribution in [3.8, 4) is 12.3 Å². The molecule has 0 bridgehead atoms. The normalized spacial score (nSPS) is 31.1. The minimum Gasteiger partial charge on any atom is -0.414 e. The van der Waals surface area contributed by atoms with Gasteiger partial charge in [-0.25, -0.2) is 0 Å². The molecule has 0 aromatic heterocycles. The maximum atomic E-state index is 6.03. The molecule has 1 saturated heterocycles. The van der Waals surface area contributed by atoms with Gasteiger partial charge in [-0.3, -0.25) is 0 Å². The molecule has 1 aliphatic rings. The van der Waals surface area contributed by atoms with E-state index in [0.29, 0.717) is 6.61 Å². The van der Waals surface area contributed by atoms with Gasteiger partial charge in [0.15, 0.2) is 13.9 Å². The molecule has 15 heavy (non-hydrogen) atoms. The maximum Gasteiger partial charge on any atom is 0.192 e. The molecule has 0 unspecified atom stereocenters. The first-order valence-electron chi connectivity index (χ1n) is 5.42. The largest absolute Gasteiger partial charge is 0.414 e. The molecule has 0 aromatic rings. The van der Waals surface area contributed by atoms with Gasteiger partial charge in [-0.2, -0.15) is 0 Å². The van der Waals surface area contributed by atoms with Gasteiger partial charge in [0.1, 0.15) is 6.10 Å². The van der Waals surface area contributed by atoms with Crippen molar-refractivity contribution in [3.63, 3.8) is 0 Å². The number of epoxide rings is 1. The maximum absolute atomic E-state index is 6.03. The van der Waals surface area contributed by atoms with Crippen LogP contribution in [0, 0.1) is 12.3 Å². The van der Waals surface area contributed by atoms with E-state index >= 15 is 0 Å². The smallest absolute Gasteiger partial charge is 0.192 e. The molecular formula is C12H22O2Si. The highest BCUT2D eigenvalue weighted by Gasteiger charge is 2.52. The molecule has 2 atom stereocenters. The van der Waals surface area contributed by atoms with E-state index in [0.717, 1.165) is 0 Å². The summed E-state index contributed by atoms with van der Waals surface area (Å²) in [5.74, 6) is 2.65. The van der Waals surface area contributed by atoms with Gasteiger partial charge in [-0.05, 0) is 25.1 Å². The zero-order valence-electron chi connectivity index (χ0n) is 10.7. The summed E-state index contributed by atoms with van der Waals surface area (Å²) in [4.78, 5) is 0. The Morgan fingerprint density at radius 3 is 2.33 bits per heavy atom. The quantitative estimate of drug-likeness (QED) is 0.419. The fraction of sp³-hybridized carbons (Fsp3) is 0.833. The highest BCUT2D eigenvalue weighted by atomic mass is 28.4. The molecule has 1 fully saturated rings. The van der Waals surface area contributed by atoms with E-state index in [1.807, 2.05) is 6.92 Å². The van der Waals surface area contributed by atoms with Gasteiger partial charge < -0.3 is 9.16 Å². The average Bonchev–Trinajstić information content (AvgIpc) is 2.73. The molecule has 86 valence electrons. The van der Waals surface area contributed by atoms with Gasteiger partial charge in [-0.1, -0.05) is 26.7 Å². The van der Waals surface area contributed by atoms with Crippen LogP contribution in [-0.2, 0) is 9.16 Å². The van der Waals surface area contributed by atoms with Gasteiger partial charge in [0, 0.05) is 0 Å². The van der Waals surface area contributed by atoms with Gasteiger partial charge in [-0.15, -0.1) is 6.42 Å². The predicted octanol–water partition coefficient (Wildman–Crippen LogP) is 2.80. The summed E-state index contributed by atoms with van der Waals surface area (Å²) in [6, 6.07) is 0. The van der Waals surface area contributed by atoms with E-state index in [4.69, 9.17) is 15.6 Å². The van der Waals surface area contributed by atoms with Gasteiger partial charge >= 0.3 is 0 Å². The minimum atomic E-state index is -1.65. The zero-order chi connectivity index (χ0) is 11.9. The molecule has 0 aromatic carbocycles. The van der Waals surface area contributed by atoms with Crippen molar-refractivity contribution < 1.29 is 9.16 Å². The van der Waals surface area contributed by atoms with E-state index < -0.39 is 8.32 Å². The molecular weight excluding hydrogens is 204 g/mol. The van der Waals surface area contributed by atoms with Gasteiger partial charge in [0.2, 0.25) is 0 Å². The van der Waals surface area contributed by atoms with Crippen LogP contribution in [0.3, 0.4) is 0 Å².